The van der Waals surface area contributed by atoms with Crippen LogP contribution in [0.2, 0.25) is 0 Å². The van der Waals surface area contributed by atoms with Crippen LogP contribution in [0, 0.1) is 0 Å². The Morgan fingerprint density at radius 2 is 0.548 bits per heavy atom. The summed E-state index contributed by atoms with van der Waals surface area (Å²) in [6.45, 7) is 4.83. The van der Waals surface area contributed by atoms with E-state index < -0.39 is 18.4 Å². The summed E-state index contributed by atoms with van der Waals surface area (Å²) in [7, 11) is 6.00. The van der Waals surface area contributed by atoms with Gasteiger partial charge in [-0.25, -0.2) is 4.79 Å². The van der Waals surface area contributed by atoms with Gasteiger partial charge >= 0.3 is 17.9 Å². The van der Waals surface area contributed by atoms with Crippen molar-refractivity contribution in [3.05, 3.63) is 97.2 Å². The molecule has 2 unspecified atom stereocenters. The van der Waals surface area contributed by atoms with Gasteiger partial charge in [-0.2, -0.15) is 0 Å². The van der Waals surface area contributed by atoms with Gasteiger partial charge < -0.3 is 28.5 Å². The van der Waals surface area contributed by atoms with Crippen molar-refractivity contribution in [2.75, 3.05) is 47.5 Å². The number of esters is 2. The van der Waals surface area contributed by atoms with Crippen LogP contribution in [0.1, 0.15) is 431 Å². The number of carboxylic acid groups (broad SMARTS) is 1. The van der Waals surface area contributed by atoms with Gasteiger partial charge in [0.25, 0.3) is 6.29 Å². The maximum Gasteiger partial charge on any atom is 0.361 e. The number of carbonyl (C=O) groups is 3. The second kappa shape index (κ2) is 84.8. The summed E-state index contributed by atoms with van der Waals surface area (Å²) in [5.41, 5.74) is 0. The predicted octanol–water partition coefficient (Wildman–Crippen LogP) is 29.4. The highest BCUT2D eigenvalue weighted by Crippen LogP contribution is 2.21. The Bertz CT molecular complexity index is 2040. The van der Waals surface area contributed by atoms with Gasteiger partial charge in [0.15, 0.2) is 6.10 Å². The summed E-state index contributed by atoms with van der Waals surface area (Å²) in [5, 5.41) is 9.79. The van der Waals surface area contributed by atoms with E-state index in [-0.39, 0.29) is 38.2 Å². The summed E-state index contributed by atoms with van der Waals surface area (Å²) >= 11 is 0. The minimum atomic E-state index is -1.51. The van der Waals surface area contributed by atoms with Crippen molar-refractivity contribution in [3.8, 4) is 0 Å². The quantitative estimate of drug-likeness (QED) is 0.0211. The van der Waals surface area contributed by atoms with Crippen molar-refractivity contribution in [2.45, 2.75) is 444 Å². The Morgan fingerprint density at radius 1 is 0.298 bits per heavy atom. The summed E-state index contributed by atoms with van der Waals surface area (Å²) in [5.74, 6) is -1.98. The van der Waals surface area contributed by atoms with Gasteiger partial charge in [-0.1, -0.05) is 439 Å². The van der Waals surface area contributed by atoms with Crippen LogP contribution in [0.4, 0.5) is 0 Å². The van der Waals surface area contributed by atoms with Crippen LogP contribution in [-0.4, -0.2) is 87.4 Å². The normalized spacial score (nSPS) is 13.0. The third kappa shape index (κ3) is 85.5. The molecule has 0 bridgehead atoms. The van der Waals surface area contributed by atoms with Crippen molar-refractivity contribution in [3.63, 3.8) is 0 Å². The Morgan fingerprint density at radius 3 is 0.817 bits per heavy atom. The number of quaternary nitrogens is 1. The molecule has 9 nitrogen and oxygen atoms in total. The second-order valence-corrected chi connectivity index (χ2v) is 31.5. The van der Waals surface area contributed by atoms with Crippen LogP contribution in [-0.2, 0) is 33.3 Å². The molecule has 1 N–H and O–H groups in total. The SMILES string of the molecule is CC/C=C\C/C=C\C/C=C\C/C=C\C/C=C\C/C=C\C/C=C\C/C=C\CCCCCCCCCCCCCCCCC(=O)OC(COC(=O)CCCCCCCCCCCCCCCCCCCCCCCCCCCCCCCCCCCCCCCCCC)COC(OCC[N+](C)(C)C)C(=O)O. The van der Waals surface area contributed by atoms with Crippen LogP contribution in [0.25, 0.3) is 0 Å². The van der Waals surface area contributed by atoms with Gasteiger partial charge in [-0.15, -0.1) is 0 Å². The molecule has 0 saturated carbocycles. The summed E-state index contributed by atoms with van der Waals surface area (Å²) < 4.78 is 23.1. The number of aliphatic carboxylic acids is 1. The topological polar surface area (TPSA) is 108 Å². The number of unbranched alkanes of at least 4 members (excludes halogenated alkanes) is 53. The zero-order chi connectivity index (χ0) is 75.3. The molecule has 0 heterocycles. The van der Waals surface area contributed by atoms with E-state index >= 15 is 0 Å². The number of hydrogen-bond acceptors (Lipinski definition) is 7. The second-order valence-electron chi connectivity index (χ2n) is 31.5. The first-order valence-electron chi connectivity index (χ1n) is 44.9. The molecule has 0 spiro atoms. The molecule has 0 aromatic heterocycles. The molecule has 2 atom stereocenters. The fraction of sp³-hybridized carbons (Fsp3) is 0.800. The highest BCUT2D eigenvalue weighted by atomic mass is 16.7. The highest BCUT2D eigenvalue weighted by Gasteiger charge is 2.25. The van der Waals surface area contributed by atoms with Crippen molar-refractivity contribution in [1.82, 2.24) is 0 Å². The molecule has 0 aliphatic rings. The van der Waals surface area contributed by atoms with Gasteiger partial charge in [0.2, 0.25) is 0 Å². The van der Waals surface area contributed by atoms with Crippen LogP contribution < -0.4 is 0 Å². The molecule has 0 aliphatic heterocycles. The zero-order valence-corrected chi connectivity index (χ0v) is 69.4. The molecular formula is C95H172NO8+. The number of likely N-dealkylation sites (N-methyl/N-ethyl adjacent to an activating group) is 1. The third-order valence-corrected chi connectivity index (χ3v) is 20.1. The summed E-state index contributed by atoms with van der Waals surface area (Å²) in [6, 6.07) is 0. The van der Waals surface area contributed by atoms with E-state index in [1.165, 1.54) is 315 Å². The lowest BCUT2D eigenvalue weighted by Gasteiger charge is -2.25. The van der Waals surface area contributed by atoms with Crippen molar-refractivity contribution >= 4 is 17.9 Å². The molecule has 604 valence electrons. The molecule has 0 aliphatic carbocycles. The number of hydrogen-bond donors (Lipinski definition) is 1. The fourth-order valence-corrected chi connectivity index (χ4v) is 13.3. The minimum Gasteiger partial charge on any atom is -0.477 e. The summed E-state index contributed by atoms with van der Waals surface area (Å²) in [4.78, 5) is 37.8. The van der Waals surface area contributed by atoms with Gasteiger partial charge in [-0.3, -0.25) is 9.59 Å². The third-order valence-electron chi connectivity index (χ3n) is 20.1. The van der Waals surface area contributed by atoms with Gasteiger partial charge in [0.1, 0.15) is 13.2 Å². The van der Waals surface area contributed by atoms with E-state index in [1.54, 1.807) is 0 Å². The van der Waals surface area contributed by atoms with E-state index in [0.717, 1.165) is 89.9 Å². The van der Waals surface area contributed by atoms with Crippen LogP contribution in [0.15, 0.2) is 97.2 Å². The molecule has 9 heteroatoms. The lowest BCUT2D eigenvalue weighted by molar-refractivity contribution is -0.870. The van der Waals surface area contributed by atoms with Crippen molar-refractivity contribution in [1.29, 1.82) is 0 Å². The average Bonchev–Trinajstić information content (AvgIpc) is 1.13. The number of ether oxygens (including phenoxy) is 4. The largest absolute Gasteiger partial charge is 0.477 e. The maximum absolute atomic E-state index is 13.0. The molecule has 0 aromatic rings. The van der Waals surface area contributed by atoms with Crippen molar-refractivity contribution in [2.24, 2.45) is 0 Å². The van der Waals surface area contributed by atoms with Crippen LogP contribution in [0.3, 0.4) is 0 Å². The molecule has 0 saturated heterocycles. The van der Waals surface area contributed by atoms with E-state index in [2.05, 4.69) is 111 Å². The van der Waals surface area contributed by atoms with Crippen molar-refractivity contribution < 1.29 is 42.9 Å². The monoisotopic (exact) mass is 1460 g/mol. The lowest BCUT2D eigenvalue weighted by Crippen LogP contribution is -2.40. The van der Waals surface area contributed by atoms with E-state index in [9.17, 15) is 19.5 Å². The molecular weight excluding hydrogens is 1280 g/mol. The van der Waals surface area contributed by atoms with E-state index in [0.29, 0.717) is 17.4 Å². The van der Waals surface area contributed by atoms with E-state index in [4.69, 9.17) is 18.9 Å². The Balaban J connectivity index is 3.94. The van der Waals surface area contributed by atoms with Crippen LogP contribution >= 0.6 is 0 Å². The number of carboxylic acids is 1. The number of nitrogens with zero attached hydrogens (tertiary/aromatic N) is 1. The van der Waals surface area contributed by atoms with Crippen LogP contribution in [0.5, 0.6) is 0 Å². The molecule has 0 fully saturated rings. The number of rotatable bonds is 84. The maximum atomic E-state index is 13.0. The predicted molar refractivity (Wildman–Crippen MR) is 452 cm³/mol. The molecule has 0 radical (unpaired) electrons. The lowest BCUT2D eigenvalue weighted by atomic mass is 10.0. The van der Waals surface area contributed by atoms with Gasteiger partial charge in [0.05, 0.1) is 34.4 Å². The standard InChI is InChI=1S/C95H171NO8/c1-6-8-10-12-14-16-18-20-22-24-26-28-30-32-34-36-38-40-42-44-46-48-49-51-53-55-57-59-61-63-65-67-69-71-73-75-77-79-81-83-85-92(97)102-89-91(90-103-95(94(99)100)101-88-87-96(3,4)5)104-93(98)86-84-82-80-78-76-74-72-70-68-66-64-62-60-58-56-54-52-50-47-45-43-41-39-37-35-33-31-29-27-25-23-21-19-17-15-13-11-9-7-2/h9,11,15,17,21,23,27,29,33,35,39,41,45,47,52,54,91,95H,6-8,10,12-14,16,18-20,22,24-26,28,30-32,34,36-38,40,42-44,46,48-51,53,55-90H2,1-5H3/p+1/b11-9-,17-15-,23-21-,29-27-,35-33-,41-39-,47-45-,54-52-. The number of carbonyl (C=O) groups excluding carboxylic acids is 2. The Kier molecular flexibility index (Phi) is 81.7. The highest BCUT2D eigenvalue weighted by molar-refractivity contribution is 5.71. The minimum absolute atomic E-state index is 0.180. The molecule has 0 rings (SSSR count). The van der Waals surface area contributed by atoms with E-state index in [1.807, 2.05) is 21.1 Å². The van der Waals surface area contributed by atoms with Gasteiger partial charge in [0, 0.05) is 12.8 Å². The fourth-order valence-electron chi connectivity index (χ4n) is 13.3. The Labute approximate surface area is 645 Å². The summed E-state index contributed by atoms with van der Waals surface area (Å²) in [6.07, 6.45) is 116. The first-order valence-corrected chi connectivity index (χ1v) is 44.9. The zero-order valence-electron chi connectivity index (χ0n) is 69.4. The smallest absolute Gasteiger partial charge is 0.361 e. The molecule has 0 amide bonds. The van der Waals surface area contributed by atoms with Gasteiger partial charge in [-0.05, 0) is 77.0 Å². The first kappa shape index (κ1) is 100. The number of allylic oxidation sites excluding steroid dienone is 16. The average molecular weight is 1460 g/mol. The molecule has 0 aromatic carbocycles. The molecule has 104 heavy (non-hydrogen) atoms. The Hall–Kier alpha value is -3.79. The first-order chi connectivity index (χ1) is 51.1.